The van der Waals surface area contributed by atoms with Crippen molar-refractivity contribution in [2.24, 2.45) is 0 Å². The molecule has 11 heteroatoms. The minimum absolute atomic E-state index is 0.0705. The van der Waals surface area contributed by atoms with Crippen molar-refractivity contribution >= 4 is 46.5 Å². The van der Waals surface area contributed by atoms with E-state index >= 15 is 0 Å². The fraction of sp³-hybridized carbons (Fsp3) is 0.250. The lowest BCUT2D eigenvalue weighted by Gasteiger charge is -2.25. The van der Waals surface area contributed by atoms with Crippen LogP contribution < -0.4 is 20.7 Å². The molecule has 2 aromatic carbocycles. The lowest BCUT2D eigenvalue weighted by molar-refractivity contribution is -0.137. The van der Waals surface area contributed by atoms with Crippen LogP contribution in [0, 0.1) is 0 Å². The first-order valence-electron chi connectivity index (χ1n) is 9.20. The molecule has 0 radical (unpaired) electrons. The molecule has 0 unspecified atom stereocenters. The maximum Gasteiger partial charge on any atom is 0.416 e. The van der Waals surface area contributed by atoms with E-state index in [1.165, 1.54) is 6.07 Å². The van der Waals surface area contributed by atoms with Crippen LogP contribution in [-0.4, -0.2) is 29.1 Å². The third-order valence-electron chi connectivity index (χ3n) is 4.69. The van der Waals surface area contributed by atoms with Gasteiger partial charge in [-0.1, -0.05) is 0 Å². The number of anilines is 3. The normalized spacial score (nSPS) is 20.0. The third kappa shape index (κ3) is 4.46. The Kier molecular flexibility index (Phi) is 5.29. The first-order valence-corrected chi connectivity index (χ1v) is 10.1. The molecule has 2 aliphatic heterocycles. The summed E-state index contributed by atoms with van der Waals surface area (Å²) in [6.45, 7) is 1.61. The van der Waals surface area contributed by atoms with Crippen LogP contribution in [0.15, 0.2) is 41.3 Å². The Morgan fingerprint density at radius 3 is 2.58 bits per heavy atom. The summed E-state index contributed by atoms with van der Waals surface area (Å²) < 4.78 is 44.0. The number of halogens is 3. The highest BCUT2D eigenvalue weighted by Gasteiger charge is 2.34. The van der Waals surface area contributed by atoms with Gasteiger partial charge in [-0.2, -0.15) is 13.2 Å². The molecule has 0 saturated heterocycles. The first-order chi connectivity index (χ1) is 14.6. The van der Waals surface area contributed by atoms with E-state index in [4.69, 9.17) is 4.74 Å². The predicted octanol–water partition coefficient (Wildman–Crippen LogP) is 3.87. The number of fused-ring (bicyclic) bond motifs is 2. The van der Waals surface area contributed by atoms with Gasteiger partial charge < -0.3 is 20.7 Å². The van der Waals surface area contributed by atoms with Crippen LogP contribution in [0.25, 0.3) is 0 Å². The average Bonchev–Trinajstić information content (AvgIpc) is 2.68. The zero-order chi connectivity index (χ0) is 22.3. The lowest BCUT2D eigenvalue weighted by Crippen LogP contribution is -2.34. The monoisotopic (exact) mass is 451 g/mol. The molecule has 3 N–H and O–H groups in total. The number of carbonyl (C=O) groups excluding carboxylic acids is 3. The molecule has 0 spiro atoms. The number of ether oxygens (including phenoxy) is 1. The van der Waals surface area contributed by atoms with Crippen LogP contribution >= 0.6 is 11.8 Å². The molecule has 0 fully saturated rings. The fourth-order valence-corrected chi connectivity index (χ4v) is 4.22. The van der Waals surface area contributed by atoms with E-state index in [-0.39, 0.29) is 18.0 Å². The maximum atomic E-state index is 12.9. The number of thioether (sulfide) groups is 1. The molecule has 4 rings (SSSR count). The van der Waals surface area contributed by atoms with Gasteiger partial charge in [-0.25, -0.2) is 0 Å². The van der Waals surface area contributed by atoms with Crippen molar-refractivity contribution in [3.8, 4) is 5.75 Å². The van der Waals surface area contributed by atoms with Crippen LogP contribution in [0.1, 0.15) is 18.9 Å². The van der Waals surface area contributed by atoms with E-state index < -0.39 is 34.9 Å². The van der Waals surface area contributed by atoms with Crippen LogP contribution in [0.3, 0.4) is 0 Å². The maximum absolute atomic E-state index is 12.9. The Balaban J connectivity index is 1.42. The van der Waals surface area contributed by atoms with Gasteiger partial charge in [0.05, 0.1) is 22.2 Å². The van der Waals surface area contributed by atoms with Crippen LogP contribution in [-0.2, 0) is 20.6 Å². The van der Waals surface area contributed by atoms with Gasteiger partial charge in [-0.3, -0.25) is 14.4 Å². The van der Waals surface area contributed by atoms with Crippen molar-refractivity contribution in [3.05, 3.63) is 42.0 Å². The highest BCUT2D eigenvalue weighted by atomic mass is 32.2. The molecule has 162 valence electrons. The molecule has 2 aliphatic rings. The van der Waals surface area contributed by atoms with Crippen LogP contribution in [0.5, 0.6) is 5.75 Å². The van der Waals surface area contributed by atoms with Crippen molar-refractivity contribution in [2.75, 3.05) is 16.0 Å². The number of nitrogens with one attached hydrogen (secondary N) is 3. The van der Waals surface area contributed by atoms with Gasteiger partial charge in [0.2, 0.25) is 11.8 Å². The standard InChI is InChI=1S/C20H16F3N3O4S/c1-9-18(28)25-12-7-11(3-4-14(12)30-9)24-17(27)8-16-19(29)26-13-6-10(20(21,22)23)2-5-15(13)31-16/h2-7,9,16H,8H2,1H3,(H,24,27)(H,25,28)(H,26,29)/t9-,16-/m1/s1. The summed E-state index contributed by atoms with van der Waals surface area (Å²) in [5.74, 6) is -0.841. The number of carbonyl (C=O) groups is 3. The number of alkyl halides is 3. The van der Waals surface area contributed by atoms with E-state index in [2.05, 4.69) is 16.0 Å². The Labute approximate surface area is 178 Å². The number of hydrogen-bond acceptors (Lipinski definition) is 5. The molecule has 0 aromatic heterocycles. The number of rotatable bonds is 3. The molecule has 0 aliphatic carbocycles. The Hall–Kier alpha value is -3.21. The van der Waals surface area contributed by atoms with Crippen molar-refractivity contribution < 1.29 is 32.3 Å². The second-order valence-corrected chi connectivity index (χ2v) is 8.26. The fourth-order valence-electron chi connectivity index (χ4n) is 3.13. The summed E-state index contributed by atoms with van der Waals surface area (Å²) in [5, 5.41) is 6.96. The predicted molar refractivity (Wildman–Crippen MR) is 108 cm³/mol. The van der Waals surface area contributed by atoms with Crippen molar-refractivity contribution in [2.45, 2.75) is 35.8 Å². The molecular formula is C20H16F3N3O4S. The first kappa shape index (κ1) is 21.0. The summed E-state index contributed by atoms with van der Waals surface area (Å²) in [6, 6.07) is 7.84. The topological polar surface area (TPSA) is 96.5 Å². The molecule has 3 amide bonds. The molecule has 7 nitrogen and oxygen atoms in total. The molecule has 2 aromatic rings. The van der Waals surface area contributed by atoms with Gasteiger partial charge in [-0.15, -0.1) is 11.8 Å². The van der Waals surface area contributed by atoms with Crippen molar-refractivity contribution in [3.63, 3.8) is 0 Å². The van der Waals surface area contributed by atoms with E-state index in [9.17, 15) is 27.6 Å². The van der Waals surface area contributed by atoms with Gasteiger partial charge in [0.25, 0.3) is 5.91 Å². The second kappa shape index (κ2) is 7.80. The largest absolute Gasteiger partial charge is 0.479 e. The van der Waals surface area contributed by atoms with Crippen LogP contribution in [0.4, 0.5) is 30.2 Å². The summed E-state index contributed by atoms with van der Waals surface area (Å²) in [6.07, 6.45) is -5.32. The third-order valence-corrected chi connectivity index (χ3v) is 5.97. The molecule has 31 heavy (non-hydrogen) atoms. The van der Waals surface area contributed by atoms with Gasteiger partial charge in [0.15, 0.2) is 6.10 Å². The summed E-state index contributed by atoms with van der Waals surface area (Å²) in [4.78, 5) is 36.9. The second-order valence-electron chi connectivity index (χ2n) is 7.02. The lowest BCUT2D eigenvalue weighted by atomic mass is 10.1. The van der Waals surface area contributed by atoms with Gasteiger partial charge in [0, 0.05) is 17.0 Å². The molecular weight excluding hydrogens is 435 g/mol. The summed E-state index contributed by atoms with van der Waals surface area (Å²) in [7, 11) is 0. The van der Waals surface area contributed by atoms with Crippen molar-refractivity contribution in [1.82, 2.24) is 0 Å². The van der Waals surface area contributed by atoms with Gasteiger partial charge in [0.1, 0.15) is 5.75 Å². The van der Waals surface area contributed by atoms with E-state index in [1.807, 2.05) is 0 Å². The Morgan fingerprint density at radius 1 is 1.10 bits per heavy atom. The van der Waals surface area contributed by atoms with E-state index in [1.54, 1.807) is 25.1 Å². The average molecular weight is 451 g/mol. The number of amides is 3. The highest BCUT2D eigenvalue weighted by Crippen LogP contribution is 2.40. The van der Waals surface area contributed by atoms with E-state index in [0.717, 1.165) is 23.9 Å². The zero-order valence-electron chi connectivity index (χ0n) is 16.0. The van der Waals surface area contributed by atoms with Crippen molar-refractivity contribution in [1.29, 1.82) is 0 Å². The number of hydrogen-bond donors (Lipinski definition) is 3. The SMILES string of the molecule is C[C@H]1Oc2ccc(NC(=O)C[C@H]3Sc4ccc(C(F)(F)F)cc4NC3=O)cc2NC1=O. The molecule has 2 atom stereocenters. The number of benzene rings is 2. The quantitative estimate of drug-likeness (QED) is 0.659. The Morgan fingerprint density at radius 2 is 1.84 bits per heavy atom. The van der Waals surface area contributed by atoms with E-state index in [0.29, 0.717) is 22.0 Å². The molecule has 0 bridgehead atoms. The van der Waals surface area contributed by atoms with Crippen LogP contribution in [0.2, 0.25) is 0 Å². The Bertz CT molecular complexity index is 1090. The summed E-state index contributed by atoms with van der Waals surface area (Å²) in [5.41, 5.74) is 0.0288. The summed E-state index contributed by atoms with van der Waals surface area (Å²) >= 11 is 1.03. The minimum Gasteiger partial charge on any atom is -0.479 e. The zero-order valence-corrected chi connectivity index (χ0v) is 16.8. The highest BCUT2D eigenvalue weighted by molar-refractivity contribution is 8.01. The van der Waals surface area contributed by atoms with Gasteiger partial charge in [-0.05, 0) is 43.3 Å². The molecule has 2 heterocycles. The molecule has 0 saturated carbocycles. The smallest absolute Gasteiger partial charge is 0.416 e. The van der Waals surface area contributed by atoms with Gasteiger partial charge >= 0.3 is 6.18 Å². The minimum atomic E-state index is -4.52.